The molecule has 0 radical (unpaired) electrons. The number of likely N-dealkylation sites (N-methyl/N-ethyl adjacent to an activating group) is 1. The van der Waals surface area contributed by atoms with E-state index in [1.165, 1.54) is 31.2 Å². The van der Waals surface area contributed by atoms with E-state index in [9.17, 15) is 0 Å². The first-order valence-electron chi connectivity index (χ1n) is 7.45. The van der Waals surface area contributed by atoms with Crippen molar-refractivity contribution in [3.8, 4) is 0 Å². The Morgan fingerprint density at radius 1 is 1.47 bits per heavy atom. The number of rotatable bonds is 4. The number of hydrogen-bond donors (Lipinski definition) is 1. The quantitative estimate of drug-likeness (QED) is 0.908. The third kappa shape index (κ3) is 2.70. The highest BCUT2D eigenvalue weighted by Crippen LogP contribution is 2.42. The van der Waals surface area contributed by atoms with Gasteiger partial charge >= 0.3 is 0 Å². The van der Waals surface area contributed by atoms with E-state index < -0.39 is 0 Å². The molecule has 1 unspecified atom stereocenters. The third-order valence-electron chi connectivity index (χ3n) is 4.95. The fourth-order valence-corrected chi connectivity index (χ4v) is 3.32. The highest BCUT2D eigenvalue weighted by Gasteiger charge is 2.42. The minimum Gasteiger partial charge on any atom is -0.322 e. The van der Waals surface area contributed by atoms with Gasteiger partial charge in [0.25, 0.3) is 0 Å². The predicted octanol–water partition coefficient (Wildman–Crippen LogP) is 2.41. The molecule has 1 aliphatic carbocycles. The lowest BCUT2D eigenvalue weighted by Gasteiger charge is -2.48. The molecular weight excluding hydrogens is 236 g/mol. The standard InChI is InChI=1S/C15H28N4/c1-5-19-11-13(10-17-19)14(16)15(18(3)4)8-6-12(2)7-9-15/h10-12,14H,5-9,16H2,1-4H3. The van der Waals surface area contributed by atoms with Crippen LogP contribution in [-0.4, -0.2) is 34.3 Å². The van der Waals surface area contributed by atoms with Gasteiger partial charge < -0.3 is 10.6 Å². The van der Waals surface area contributed by atoms with Gasteiger partial charge in [-0.3, -0.25) is 4.68 Å². The molecule has 0 aromatic carbocycles. The number of nitrogens with two attached hydrogens (primary N) is 1. The largest absolute Gasteiger partial charge is 0.322 e. The lowest BCUT2D eigenvalue weighted by atomic mass is 9.71. The van der Waals surface area contributed by atoms with Crippen molar-refractivity contribution in [3.63, 3.8) is 0 Å². The smallest absolute Gasteiger partial charge is 0.0538 e. The minimum atomic E-state index is 0.0512. The van der Waals surface area contributed by atoms with Crippen LogP contribution in [0, 0.1) is 5.92 Å². The zero-order chi connectivity index (χ0) is 14.0. The van der Waals surface area contributed by atoms with Crippen LogP contribution < -0.4 is 5.73 Å². The van der Waals surface area contributed by atoms with Crippen molar-refractivity contribution in [3.05, 3.63) is 18.0 Å². The fraction of sp³-hybridized carbons (Fsp3) is 0.800. The van der Waals surface area contributed by atoms with E-state index in [1.54, 1.807) is 0 Å². The Kier molecular flexibility index (Phi) is 4.31. The maximum Gasteiger partial charge on any atom is 0.0538 e. The Morgan fingerprint density at radius 2 is 2.11 bits per heavy atom. The van der Waals surface area contributed by atoms with Crippen molar-refractivity contribution in [2.24, 2.45) is 11.7 Å². The summed E-state index contributed by atoms with van der Waals surface area (Å²) in [5.74, 6) is 0.832. The predicted molar refractivity (Wildman–Crippen MR) is 78.9 cm³/mol. The summed E-state index contributed by atoms with van der Waals surface area (Å²) in [6, 6.07) is 0.0512. The van der Waals surface area contributed by atoms with E-state index in [0.29, 0.717) is 0 Å². The monoisotopic (exact) mass is 264 g/mol. The number of aromatic nitrogens is 2. The molecule has 1 saturated carbocycles. The van der Waals surface area contributed by atoms with E-state index in [4.69, 9.17) is 5.73 Å². The molecule has 108 valence electrons. The SMILES string of the molecule is CCn1cc(C(N)C2(N(C)C)CCC(C)CC2)cn1. The van der Waals surface area contributed by atoms with Crippen LogP contribution >= 0.6 is 0 Å². The summed E-state index contributed by atoms with van der Waals surface area (Å²) < 4.78 is 1.96. The molecule has 0 saturated heterocycles. The van der Waals surface area contributed by atoms with Crippen molar-refractivity contribution < 1.29 is 0 Å². The number of aryl methyl sites for hydroxylation is 1. The molecule has 0 aliphatic heterocycles. The zero-order valence-corrected chi connectivity index (χ0v) is 12.8. The molecule has 0 amide bonds. The van der Waals surface area contributed by atoms with Gasteiger partial charge in [0.15, 0.2) is 0 Å². The van der Waals surface area contributed by atoms with Crippen LogP contribution in [0.2, 0.25) is 0 Å². The Hall–Kier alpha value is -0.870. The highest BCUT2D eigenvalue weighted by atomic mass is 15.3. The second kappa shape index (κ2) is 5.63. The summed E-state index contributed by atoms with van der Waals surface area (Å²) in [6.45, 7) is 5.35. The Labute approximate surface area is 117 Å². The van der Waals surface area contributed by atoms with Gasteiger partial charge in [-0.15, -0.1) is 0 Å². The molecule has 1 aliphatic rings. The second-order valence-electron chi connectivity index (χ2n) is 6.29. The summed E-state index contributed by atoms with van der Waals surface area (Å²) in [5.41, 5.74) is 7.89. The highest BCUT2D eigenvalue weighted by molar-refractivity contribution is 5.18. The van der Waals surface area contributed by atoms with Gasteiger partial charge in [0, 0.05) is 23.8 Å². The average Bonchev–Trinajstić information content (AvgIpc) is 2.87. The molecule has 2 N–H and O–H groups in total. The lowest BCUT2D eigenvalue weighted by Crippen LogP contribution is -2.54. The van der Waals surface area contributed by atoms with Gasteiger partial charge in [-0.2, -0.15) is 5.10 Å². The Bertz CT molecular complexity index is 402. The molecule has 4 heteroatoms. The molecule has 1 heterocycles. The van der Waals surface area contributed by atoms with Crippen LogP contribution in [0.1, 0.15) is 51.1 Å². The van der Waals surface area contributed by atoms with Gasteiger partial charge in [-0.05, 0) is 52.6 Å². The second-order valence-corrected chi connectivity index (χ2v) is 6.29. The van der Waals surface area contributed by atoms with Crippen molar-refractivity contribution >= 4 is 0 Å². The lowest BCUT2D eigenvalue weighted by molar-refractivity contribution is 0.0564. The van der Waals surface area contributed by atoms with Gasteiger partial charge in [0.2, 0.25) is 0 Å². The molecule has 1 aromatic heterocycles. The third-order valence-corrected chi connectivity index (χ3v) is 4.95. The molecular formula is C15H28N4. The summed E-state index contributed by atoms with van der Waals surface area (Å²) in [5, 5.41) is 4.37. The number of nitrogens with zero attached hydrogens (tertiary/aromatic N) is 3. The molecule has 1 fully saturated rings. The van der Waals surface area contributed by atoms with Crippen LogP contribution in [0.4, 0.5) is 0 Å². The van der Waals surface area contributed by atoms with E-state index in [1.807, 2.05) is 10.9 Å². The van der Waals surface area contributed by atoms with Crippen LogP contribution in [0.25, 0.3) is 0 Å². The van der Waals surface area contributed by atoms with Crippen LogP contribution in [0.3, 0.4) is 0 Å². The first-order valence-corrected chi connectivity index (χ1v) is 7.45. The molecule has 19 heavy (non-hydrogen) atoms. The van der Waals surface area contributed by atoms with Gasteiger partial charge in [-0.25, -0.2) is 0 Å². The minimum absolute atomic E-state index is 0.0512. The van der Waals surface area contributed by atoms with Gasteiger partial charge in [-0.1, -0.05) is 6.92 Å². The number of hydrogen-bond acceptors (Lipinski definition) is 3. The summed E-state index contributed by atoms with van der Waals surface area (Å²) in [6.07, 6.45) is 8.95. The topological polar surface area (TPSA) is 47.1 Å². The van der Waals surface area contributed by atoms with Gasteiger partial charge in [0.05, 0.1) is 12.2 Å². The first-order chi connectivity index (χ1) is 8.99. The van der Waals surface area contributed by atoms with Crippen molar-refractivity contribution in [1.82, 2.24) is 14.7 Å². The molecule has 0 bridgehead atoms. The average molecular weight is 264 g/mol. The Balaban J connectivity index is 2.23. The molecule has 1 atom stereocenters. The van der Waals surface area contributed by atoms with Crippen molar-refractivity contribution in [2.75, 3.05) is 14.1 Å². The van der Waals surface area contributed by atoms with E-state index in [0.717, 1.165) is 12.5 Å². The van der Waals surface area contributed by atoms with E-state index in [-0.39, 0.29) is 11.6 Å². The van der Waals surface area contributed by atoms with E-state index in [2.05, 4.69) is 44.1 Å². The van der Waals surface area contributed by atoms with Crippen molar-refractivity contribution in [2.45, 2.75) is 57.7 Å². The molecule has 4 nitrogen and oxygen atoms in total. The van der Waals surface area contributed by atoms with Gasteiger partial charge in [0.1, 0.15) is 0 Å². The normalized spacial score (nSPS) is 29.7. The maximum atomic E-state index is 6.62. The molecule has 1 aromatic rings. The van der Waals surface area contributed by atoms with Crippen molar-refractivity contribution in [1.29, 1.82) is 0 Å². The van der Waals surface area contributed by atoms with Crippen LogP contribution in [0.5, 0.6) is 0 Å². The van der Waals surface area contributed by atoms with Crippen LogP contribution in [-0.2, 0) is 6.54 Å². The van der Waals surface area contributed by atoms with E-state index >= 15 is 0 Å². The summed E-state index contributed by atoms with van der Waals surface area (Å²) >= 11 is 0. The first kappa shape index (κ1) is 14.5. The summed E-state index contributed by atoms with van der Waals surface area (Å²) in [4.78, 5) is 2.34. The maximum absolute atomic E-state index is 6.62. The fourth-order valence-electron chi connectivity index (χ4n) is 3.32. The van der Waals surface area contributed by atoms with Crippen LogP contribution in [0.15, 0.2) is 12.4 Å². The molecule has 0 spiro atoms. The zero-order valence-electron chi connectivity index (χ0n) is 12.8. The summed E-state index contributed by atoms with van der Waals surface area (Å²) in [7, 11) is 4.33. The molecule has 2 rings (SSSR count). The Morgan fingerprint density at radius 3 is 2.58 bits per heavy atom.